The van der Waals surface area contributed by atoms with Crippen LogP contribution in [0.15, 0.2) is 76.9 Å². The zero-order valence-corrected chi connectivity index (χ0v) is 21.1. The Bertz CT molecular complexity index is 1140. The van der Waals surface area contributed by atoms with Crippen LogP contribution in [0, 0.1) is 5.82 Å². The standard InChI is InChI=1S/C22H26FN5O2S.HI/c1-3-24-22(25-13-14-31(29,30)21-12-8-7-11-20(21)23)27(2)16-18-15-26-28(17-18)19-9-5-4-6-10-19;/h4-12,15,17H,3,13-14,16H2,1-2H3,(H,24,25);1H. The van der Waals surface area contributed by atoms with Crippen molar-refractivity contribution in [1.82, 2.24) is 20.0 Å². The number of halogens is 2. The fourth-order valence-electron chi connectivity index (χ4n) is 3.06. The topological polar surface area (TPSA) is 79.6 Å². The molecule has 32 heavy (non-hydrogen) atoms. The molecule has 7 nitrogen and oxygen atoms in total. The van der Waals surface area contributed by atoms with E-state index >= 15 is 0 Å². The molecule has 0 bridgehead atoms. The van der Waals surface area contributed by atoms with Gasteiger partial charge in [0.2, 0.25) is 0 Å². The quantitative estimate of drug-likeness (QED) is 0.255. The van der Waals surface area contributed by atoms with E-state index in [-0.39, 0.29) is 41.2 Å². The molecule has 0 atom stereocenters. The third-order valence-corrected chi connectivity index (χ3v) is 6.29. The molecule has 0 spiro atoms. The number of rotatable bonds is 8. The number of aliphatic imine (C=N–C) groups is 1. The maximum absolute atomic E-state index is 13.8. The van der Waals surface area contributed by atoms with Crippen LogP contribution in [-0.4, -0.2) is 54.9 Å². The highest BCUT2D eigenvalue weighted by Gasteiger charge is 2.18. The van der Waals surface area contributed by atoms with Gasteiger partial charge in [0.25, 0.3) is 0 Å². The van der Waals surface area contributed by atoms with Crippen LogP contribution in [0.25, 0.3) is 5.69 Å². The molecule has 0 saturated heterocycles. The second-order valence-corrected chi connectivity index (χ2v) is 9.05. The van der Waals surface area contributed by atoms with Crippen LogP contribution in [0.3, 0.4) is 0 Å². The van der Waals surface area contributed by atoms with Crippen LogP contribution in [-0.2, 0) is 16.4 Å². The molecule has 0 radical (unpaired) electrons. The summed E-state index contributed by atoms with van der Waals surface area (Å²) in [6, 6.07) is 15.2. The summed E-state index contributed by atoms with van der Waals surface area (Å²) in [5, 5.41) is 7.55. The van der Waals surface area contributed by atoms with Gasteiger partial charge < -0.3 is 10.2 Å². The Morgan fingerprint density at radius 2 is 1.84 bits per heavy atom. The predicted molar refractivity (Wildman–Crippen MR) is 135 cm³/mol. The van der Waals surface area contributed by atoms with Crippen molar-refractivity contribution in [2.75, 3.05) is 25.9 Å². The monoisotopic (exact) mass is 571 g/mol. The Labute approximate surface area is 205 Å². The van der Waals surface area contributed by atoms with Gasteiger partial charge in [-0.15, -0.1) is 24.0 Å². The number of guanidine groups is 1. The third-order valence-electron chi connectivity index (χ3n) is 4.57. The number of sulfone groups is 1. The number of aromatic nitrogens is 2. The minimum absolute atomic E-state index is 0. The van der Waals surface area contributed by atoms with Crippen molar-refractivity contribution in [2.24, 2.45) is 4.99 Å². The van der Waals surface area contributed by atoms with E-state index in [1.54, 1.807) is 10.9 Å². The van der Waals surface area contributed by atoms with Crippen LogP contribution in [0.2, 0.25) is 0 Å². The molecule has 1 N–H and O–H groups in total. The third kappa shape index (κ3) is 6.76. The molecule has 0 amide bonds. The Kier molecular flexibility index (Phi) is 9.63. The number of para-hydroxylation sites is 1. The number of benzene rings is 2. The first kappa shape index (κ1) is 25.8. The largest absolute Gasteiger partial charge is 0.357 e. The minimum atomic E-state index is -3.76. The highest BCUT2D eigenvalue weighted by molar-refractivity contribution is 14.0. The minimum Gasteiger partial charge on any atom is -0.357 e. The Morgan fingerprint density at radius 1 is 1.16 bits per heavy atom. The van der Waals surface area contributed by atoms with Crippen LogP contribution in [0.5, 0.6) is 0 Å². The first-order valence-electron chi connectivity index (χ1n) is 9.96. The van der Waals surface area contributed by atoms with E-state index in [4.69, 9.17) is 0 Å². The number of nitrogens with zero attached hydrogens (tertiary/aromatic N) is 4. The normalized spacial score (nSPS) is 11.7. The van der Waals surface area contributed by atoms with E-state index in [1.165, 1.54) is 18.2 Å². The fourth-order valence-corrected chi connectivity index (χ4v) is 4.26. The van der Waals surface area contributed by atoms with Gasteiger partial charge in [0.1, 0.15) is 10.7 Å². The second-order valence-electron chi connectivity index (χ2n) is 6.97. The van der Waals surface area contributed by atoms with Crippen molar-refractivity contribution in [3.05, 3.63) is 78.4 Å². The molecule has 0 aliphatic heterocycles. The van der Waals surface area contributed by atoms with Gasteiger partial charge in [0.05, 0.1) is 24.2 Å². The average molecular weight is 571 g/mol. The highest BCUT2D eigenvalue weighted by Crippen LogP contribution is 2.15. The summed E-state index contributed by atoms with van der Waals surface area (Å²) in [4.78, 5) is 6.02. The molecule has 2 aromatic carbocycles. The molecule has 1 aromatic heterocycles. The van der Waals surface area contributed by atoms with Gasteiger partial charge in [-0.05, 0) is 31.2 Å². The molecule has 0 saturated carbocycles. The van der Waals surface area contributed by atoms with Crippen LogP contribution in [0.4, 0.5) is 4.39 Å². The van der Waals surface area contributed by atoms with E-state index in [0.717, 1.165) is 17.3 Å². The molecule has 0 unspecified atom stereocenters. The zero-order valence-electron chi connectivity index (χ0n) is 18.0. The molecule has 172 valence electrons. The highest BCUT2D eigenvalue weighted by atomic mass is 127. The summed E-state index contributed by atoms with van der Waals surface area (Å²) in [6.45, 7) is 3.13. The number of hydrogen-bond donors (Lipinski definition) is 1. The molecule has 0 fully saturated rings. The Hall–Kier alpha value is -2.47. The van der Waals surface area contributed by atoms with E-state index in [1.807, 2.05) is 55.4 Å². The number of hydrogen-bond acceptors (Lipinski definition) is 4. The van der Waals surface area contributed by atoms with Gasteiger partial charge >= 0.3 is 0 Å². The summed E-state index contributed by atoms with van der Waals surface area (Å²) in [5.74, 6) is -0.451. The first-order chi connectivity index (χ1) is 14.9. The van der Waals surface area contributed by atoms with Gasteiger partial charge in [-0.25, -0.2) is 17.5 Å². The summed E-state index contributed by atoms with van der Waals surface area (Å²) in [7, 11) is -1.89. The summed E-state index contributed by atoms with van der Waals surface area (Å²) >= 11 is 0. The van der Waals surface area contributed by atoms with Crippen molar-refractivity contribution in [1.29, 1.82) is 0 Å². The summed E-state index contributed by atoms with van der Waals surface area (Å²) in [6.07, 6.45) is 3.73. The average Bonchev–Trinajstić information content (AvgIpc) is 3.22. The summed E-state index contributed by atoms with van der Waals surface area (Å²) in [5.41, 5.74) is 1.95. The van der Waals surface area contributed by atoms with Crippen LogP contribution >= 0.6 is 24.0 Å². The van der Waals surface area contributed by atoms with Crippen LogP contribution in [0.1, 0.15) is 12.5 Å². The van der Waals surface area contributed by atoms with Gasteiger partial charge in [-0.3, -0.25) is 4.99 Å². The van der Waals surface area contributed by atoms with Gasteiger partial charge in [0, 0.05) is 31.9 Å². The molecule has 1 heterocycles. The van der Waals surface area contributed by atoms with E-state index in [0.29, 0.717) is 19.0 Å². The molecule has 3 rings (SSSR count). The van der Waals surface area contributed by atoms with E-state index in [2.05, 4.69) is 15.4 Å². The van der Waals surface area contributed by atoms with E-state index in [9.17, 15) is 12.8 Å². The molecular weight excluding hydrogens is 544 g/mol. The van der Waals surface area contributed by atoms with Crippen molar-refractivity contribution in [3.63, 3.8) is 0 Å². The van der Waals surface area contributed by atoms with Crippen molar-refractivity contribution in [3.8, 4) is 5.69 Å². The fraction of sp³-hybridized carbons (Fsp3) is 0.273. The molecule has 0 aliphatic carbocycles. The van der Waals surface area contributed by atoms with Gasteiger partial charge in [-0.2, -0.15) is 5.10 Å². The first-order valence-corrected chi connectivity index (χ1v) is 11.6. The smallest absolute Gasteiger partial charge is 0.193 e. The summed E-state index contributed by atoms with van der Waals surface area (Å²) < 4.78 is 40.5. The maximum atomic E-state index is 13.8. The zero-order chi connectivity index (χ0) is 22.3. The van der Waals surface area contributed by atoms with Crippen molar-refractivity contribution >= 4 is 39.8 Å². The molecule has 0 aliphatic rings. The lowest BCUT2D eigenvalue weighted by Gasteiger charge is -2.21. The number of nitrogens with one attached hydrogen (secondary N) is 1. The molecular formula is C22H27FIN5O2S. The van der Waals surface area contributed by atoms with Crippen molar-refractivity contribution < 1.29 is 12.8 Å². The predicted octanol–water partition coefficient (Wildman–Crippen LogP) is 3.50. The maximum Gasteiger partial charge on any atom is 0.193 e. The lowest BCUT2D eigenvalue weighted by atomic mass is 10.3. The van der Waals surface area contributed by atoms with E-state index < -0.39 is 15.7 Å². The lowest BCUT2D eigenvalue weighted by molar-refractivity contribution is 0.477. The second kappa shape index (κ2) is 12.0. The van der Waals surface area contributed by atoms with Gasteiger partial charge in [-0.1, -0.05) is 30.3 Å². The Morgan fingerprint density at radius 3 is 2.53 bits per heavy atom. The molecule has 3 aromatic rings. The lowest BCUT2D eigenvalue weighted by Crippen LogP contribution is -2.38. The van der Waals surface area contributed by atoms with Crippen LogP contribution < -0.4 is 5.32 Å². The molecule has 10 heteroatoms. The Balaban J connectivity index is 0.00000363. The van der Waals surface area contributed by atoms with Crippen molar-refractivity contribution in [2.45, 2.75) is 18.4 Å². The SMILES string of the molecule is CCNC(=NCCS(=O)(=O)c1ccccc1F)N(C)Cc1cnn(-c2ccccc2)c1.I. The van der Waals surface area contributed by atoms with Gasteiger partial charge in [0.15, 0.2) is 15.8 Å².